The molecule has 1 N–H and O–H groups in total. The highest BCUT2D eigenvalue weighted by Gasteiger charge is 2.08. The number of aromatic nitrogens is 2. The van der Waals surface area contributed by atoms with Crippen molar-refractivity contribution >= 4 is 11.6 Å². The van der Waals surface area contributed by atoms with Crippen LogP contribution < -0.4 is 10.9 Å². The molecule has 0 aliphatic rings. The molecule has 26 heavy (non-hydrogen) atoms. The number of halogens is 2. The molecule has 0 unspecified atom stereocenters. The predicted octanol–water partition coefficient (Wildman–Crippen LogP) is 3.20. The topological polar surface area (TPSA) is 64.0 Å². The standard InChI is InChI=1S/C19H15F2N3O2/c1-12(25)22-17-4-2-3-13(7-17)11-24-19(26)6-5-18(23-24)14-8-15(20)10-16(21)9-14/h2-10H,11H2,1H3,(H,22,25). The summed E-state index contributed by atoms with van der Waals surface area (Å²) in [6.07, 6.45) is 0. The molecule has 3 rings (SSSR count). The molecule has 1 amide bonds. The minimum Gasteiger partial charge on any atom is -0.326 e. The summed E-state index contributed by atoms with van der Waals surface area (Å²) in [5.41, 5.74) is 1.51. The van der Waals surface area contributed by atoms with Gasteiger partial charge in [-0.3, -0.25) is 9.59 Å². The first-order valence-corrected chi connectivity index (χ1v) is 7.82. The maximum atomic E-state index is 13.4. The van der Waals surface area contributed by atoms with Crippen LogP contribution in [-0.2, 0) is 11.3 Å². The van der Waals surface area contributed by atoms with Gasteiger partial charge in [-0.15, -0.1) is 0 Å². The van der Waals surface area contributed by atoms with E-state index in [9.17, 15) is 18.4 Å². The van der Waals surface area contributed by atoms with Gasteiger partial charge in [0.25, 0.3) is 5.56 Å². The van der Waals surface area contributed by atoms with Gasteiger partial charge in [-0.2, -0.15) is 5.10 Å². The fraction of sp³-hybridized carbons (Fsp3) is 0.105. The molecule has 0 aliphatic heterocycles. The molecule has 3 aromatic rings. The Balaban J connectivity index is 1.94. The van der Waals surface area contributed by atoms with Crippen LogP contribution in [0.4, 0.5) is 14.5 Å². The summed E-state index contributed by atoms with van der Waals surface area (Å²) < 4.78 is 28.0. The Bertz CT molecular complexity index is 1010. The molecule has 7 heteroatoms. The number of rotatable bonds is 4. The van der Waals surface area contributed by atoms with Gasteiger partial charge in [-0.1, -0.05) is 12.1 Å². The molecule has 0 aliphatic carbocycles. The number of carbonyl (C=O) groups is 1. The molecule has 0 fully saturated rings. The number of hydrogen-bond donors (Lipinski definition) is 1. The summed E-state index contributed by atoms with van der Waals surface area (Å²) in [4.78, 5) is 23.2. The first-order chi connectivity index (χ1) is 12.4. The van der Waals surface area contributed by atoms with E-state index in [2.05, 4.69) is 10.4 Å². The first-order valence-electron chi connectivity index (χ1n) is 7.82. The highest BCUT2D eigenvalue weighted by molar-refractivity contribution is 5.88. The van der Waals surface area contributed by atoms with E-state index in [1.54, 1.807) is 24.3 Å². The zero-order valence-corrected chi connectivity index (χ0v) is 13.9. The van der Waals surface area contributed by atoms with Gasteiger partial charge >= 0.3 is 0 Å². The molecule has 1 heterocycles. The Labute approximate surface area is 147 Å². The first kappa shape index (κ1) is 17.5. The van der Waals surface area contributed by atoms with Gasteiger partial charge in [0.15, 0.2) is 0 Å². The normalized spacial score (nSPS) is 10.6. The summed E-state index contributed by atoms with van der Waals surface area (Å²) in [6.45, 7) is 1.55. The van der Waals surface area contributed by atoms with E-state index in [0.717, 1.165) is 23.8 Å². The maximum Gasteiger partial charge on any atom is 0.267 e. The van der Waals surface area contributed by atoms with Crippen molar-refractivity contribution in [2.24, 2.45) is 0 Å². The van der Waals surface area contributed by atoms with Crippen molar-refractivity contribution in [3.8, 4) is 11.3 Å². The summed E-state index contributed by atoms with van der Waals surface area (Å²) in [5, 5.41) is 6.86. The SMILES string of the molecule is CC(=O)Nc1cccc(Cn2nc(-c3cc(F)cc(F)c3)ccc2=O)c1. The van der Waals surface area contributed by atoms with Crippen molar-refractivity contribution in [1.82, 2.24) is 9.78 Å². The lowest BCUT2D eigenvalue weighted by molar-refractivity contribution is -0.114. The average molecular weight is 355 g/mol. The molecule has 0 spiro atoms. The Hall–Kier alpha value is -3.35. The summed E-state index contributed by atoms with van der Waals surface area (Å²) in [7, 11) is 0. The van der Waals surface area contributed by atoms with Crippen LogP contribution in [0, 0.1) is 11.6 Å². The van der Waals surface area contributed by atoms with E-state index in [1.807, 2.05) is 0 Å². The van der Waals surface area contributed by atoms with E-state index in [-0.39, 0.29) is 29.3 Å². The summed E-state index contributed by atoms with van der Waals surface area (Å²) >= 11 is 0. The number of nitrogens with zero attached hydrogens (tertiary/aromatic N) is 2. The Kier molecular flexibility index (Phi) is 4.88. The molecule has 132 valence electrons. The molecule has 0 radical (unpaired) electrons. The molecule has 5 nitrogen and oxygen atoms in total. The van der Waals surface area contributed by atoms with Crippen molar-refractivity contribution in [3.05, 3.63) is 82.1 Å². The quantitative estimate of drug-likeness (QED) is 0.782. The van der Waals surface area contributed by atoms with Crippen LogP contribution in [0.2, 0.25) is 0 Å². The lowest BCUT2D eigenvalue weighted by Gasteiger charge is -2.09. The van der Waals surface area contributed by atoms with Gasteiger partial charge in [0, 0.05) is 30.3 Å². The fourth-order valence-electron chi connectivity index (χ4n) is 2.54. The number of hydrogen-bond acceptors (Lipinski definition) is 3. The van der Waals surface area contributed by atoms with Crippen LogP contribution in [0.3, 0.4) is 0 Å². The van der Waals surface area contributed by atoms with Crippen LogP contribution in [0.25, 0.3) is 11.3 Å². The van der Waals surface area contributed by atoms with Crippen molar-refractivity contribution < 1.29 is 13.6 Å². The van der Waals surface area contributed by atoms with E-state index >= 15 is 0 Å². The Morgan fingerprint density at radius 1 is 1.08 bits per heavy atom. The molecule has 1 aromatic heterocycles. The van der Waals surface area contributed by atoms with Gasteiger partial charge in [0.2, 0.25) is 5.91 Å². The number of benzene rings is 2. The van der Waals surface area contributed by atoms with Crippen molar-refractivity contribution in [2.45, 2.75) is 13.5 Å². The molecular formula is C19H15F2N3O2. The van der Waals surface area contributed by atoms with Gasteiger partial charge in [0.1, 0.15) is 11.6 Å². The zero-order chi connectivity index (χ0) is 18.7. The highest BCUT2D eigenvalue weighted by atomic mass is 19.1. The molecular weight excluding hydrogens is 340 g/mol. The second kappa shape index (κ2) is 7.26. The summed E-state index contributed by atoms with van der Waals surface area (Å²) in [6, 6.07) is 12.8. The third kappa shape index (κ3) is 4.18. The molecule has 0 bridgehead atoms. The number of anilines is 1. The second-order valence-electron chi connectivity index (χ2n) is 5.75. The van der Waals surface area contributed by atoms with E-state index < -0.39 is 11.6 Å². The van der Waals surface area contributed by atoms with E-state index in [0.29, 0.717) is 5.69 Å². The van der Waals surface area contributed by atoms with Crippen LogP contribution in [0.5, 0.6) is 0 Å². The number of carbonyl (C=O) groups excluding carboxylic acids is 1. The smallest absolute Gasteiger partial charge is 0.267 e. The highest BCUT2D eigenvalue weighted by Crippen LogP contribution is 2.19. The van der Waals surface area contributed by atoms with Crippen LogP contribution in [-0.4, -0.2) is 15.7 Å². The second-order valence-corrected chi connectivity index (χ2v) is 5.75. The monoisotopic (exact) mass is 355 g/mol. The van der Waals surface area contributed by atoms with E-state index in [1.165, 1.54) is 23.7 Å². The minimum absolute atomic E-state index is 0.151. The van der Waals surface area contributed by atoms with Crippen LogP contribution in [0.15, 0.2) is 59.4 Å². The van der Waals surface area contributed by atoms with Gasteiger partial charge in [-0.25, -0.2) is 13.5 Å². The molecule has 2 aromatic carbocycles. The fourth-order valence-corrected chi connectivity index (χ4v) is 2.54. The number of nitrogens with one attached hydrogen (secondary N) is 1. The third-order valence-electron chi connectivity index (χ3n) is 3.60. The molecule has 0 atom stereocenters. The minimum atomic E-state index is -0.720. The van der Waals surface area contributed by atoms with Crippen molar-refractivity contribution in [2.75, 3.05) is 5.32 Å². The average Bonchev–Trinajstić information content (AvgIpc) is 2.55. The van der Waals surface area contributed by atoms with Gasteiger partial charge in [0.05, 0.1) is 12.2 Å². The zero-order valence-electron chi connectivity index (χ0n) is 13.9. The molecule has 0 saturated heterocycles. The maximum absolute atomic E-state index is 13.4. The van der Waals surface area contributed by atoms with Gasteiger partial charge < -0.3 is 5.32 Å². The predicted molar refractivity (Wildman–Crippen MR) is 93.7 cm³/mol. The van der Waals surface area contributed by atoms with Crippen molar-refractivity contribution in [3.63, 3.8) is 0 Å². The lowest BCUT2D eigenvalue weighted by Crippen LogP contribution is -2.23. The Morgan fingerprint density at radius 3 is 2.50 bits per heavy atom. The third-order valence-corrected chi connectivity index (χ3v) is 3.60. The van der Waals surface area contributed by atoms with E-state index in [4.69, 9.17) is 0 Å². The van der Waals surface area contributed by atoms with Crippen LogP contribution in [0.1, 0.15) is 12.5 Å². The Morgan fingerprint density at radius 2 is 1.81 bits per heavy atom. The van der Waals surface area contributed by atoms with Crippen LogP contribution >= 0.6 is 0 Å². The summed E-state index contributed by atoms with van der Waals surface area (Å²) in [5.74, 6) is -1.64. The van der Waals surface area contributed by atoms with Gasteiger partial charge in [-0.05, 0) is 35.9 Å². The van der Waals surface area contributed by atoms with Crippen molar-refractivity contribution in [1.29, 1.82) is 0 Å². The largest absolute Gasteiger partial charge is 0.326 e. The lowest BCUT2D eigenvalue weighted by atomic mass is 10.1. The molecule has 0 saturated carbocycles. The number of amides is 1.